The Labute approximate surface area is 178 Å². The van der Waals surface area contributed by atoms with Crippen LogP contribution in [0.2, 0.25) is 0 Å². The van der Waals surface area contributed by atoms with Crippen LogP contribution in [0.3, 0.4) is 0 Å². The molecule has 1 saturated heterocycles. The minimum Gasteiger partial charge on any atom is -0.377 e. The van der Waals surface area contributed by atoms with E-state index in [1.54, 1.807) is 16.3 Å². The van der Waals surface area contributed by atoms with Crippen LogP contribution in [0, 0.1) is 0 Å². The fourth-order valence-electron chi connectivity index (χ4n) is 4.11. The van der Waals surface area contributed by atoms with Gasteiger partial charge in [0.2, 0.25) is 5.78 Å². The van der Waals surface area contributed by atoms with Crippen LogP contribution < -0.4 is 5.56 Å². The maximum absolute atomic E-state index is 13.5. The van der Waals surface area contributed by atoms with Gasteiger partial charge < -0.3 is 4.74 Å². The molecule has 2 aromatic heterocycles. The highest BCUT2D eigenvalue weighted by molar-refractivity contribution is 7.99. The minimum absolute atomic E-state index is 0.0747. The topological polar surface area (TPSA) is 61.4 Å². The molecule has 1 atom stereocenters. The van der Waals surface area contributed by atoms with E-state index < -0.39 is 0 Å². The molecule has 1 unspecified atom stereocenters. The highest BCUT2D eigenvalue weighted by Gasteiger charge is 2.22. The first-order chi connectivity index (χ1) is 14.6. The summed E-state index contributed by atoms with van der Waals surface area (Å²) in [4.78, 5) is 13.5. The molecule has 0 bridgehead atoms. The number of rotatable bonds is 5. The first-order valence-electron chi connectivity index (χ1n) is 10.4. The van der Waals surface area contributed by atoms with E-state index in [1.165, 1.54) is 0 Å². The molecule has 30 heavy (non-hydrogen) atoms. The molecule has 0 saturated carbocycles. The van der Waals surface area contributed by atoms with Crippen LogP contribution in [-0.4, -0.2) is 37.6 Å². The van der Waals surface area contributed by atoms with Crippen LogP contribution in [0.1, 0.15) is 38.2 Å². The van der Waals surface area contributed by atoms with E-state index in [0.717, 1.165) is 47.1 Å². The van der Waals surface area contributed by atoms with E-state index in [0.29, 0.717) is 11.2 Å². The first-order valence-corrected chi connectivity index (χ1v) is 11.4. The van der Waals surface area contributed by atoms with E-state index in [4.69, 9.17) is 4.74 Å². The molecule has 1 fully saturated rings. The predicted molar refractivity (Wildman–Crippen MR) is 120 cm³/mol. The van der Waals surface area contributed by atoms with Crippen molar-refractivity contribution in [1.82, 2.24) is 19.2 Å². The molecule has 2 aromatic carbocycles. The molecule has 5 rings (SSSR count). The Balaban J connectivity index is 1.75. The summed E-state index contributed by atoms with van der Waals surface area (Å²) in [7, 11) is 0. The lowest BCUT2D eigenvalue weighted by atomic mass is 10.0. The Morgan fingerprint density at radius 1 is 1.13 bits per heavy atom. The molecule has 154 valence electrons. The summed E-state index contributed by atoms with van der Waals surface area (Å²) >= 11 is 1.64. The average Bonchev–Trinajstić information content (AvgIpc) is 3.43. The van der Waals surface area contributed by atoms with Gasteiger partial charge in [0.1, 0.15) is 0 Å². The van der Waals surface area contributed by atoms with Gasteiger partial charge in [-0.05, 0) is 42.5 Å². The van der Waals surface area contributed by atoms with E-state index in [-0.39, 0.29) is 17.6 Å². The number of ether oxygens (including phenoxy) is 1. The second kappa shape index (κ2) is 7.89. The SMILES string of the molecule is CC(C)c1ccccc1-n1c(=O)c2ccccc2n2c(SCC3CCCO3)nnc12. The second-order valence-electron chi connectivity index (χ2n) is 7.94. The van der Waals surface area contributed by atoms with Crippen LogP contribution in [0.4, 0.5) is 0 Å². The number of aromatic nitrogens is 4. The zero-order valence-electron chi connectivity index (χ0n) is 17.1. The monoisotopic (exact) mass is 420 g/mol. The van der Waals surface area contributed by atoms with Gasteiger partial charge in [0.05, 0.1) is 22.7 Å². The quantitative estimate of drug-likeness (QED) is 0.447. The molecule has 0 amide bonds. The summed E-state index contributed by atoms with van der Waals surface area (Å²) in [5.74, 6) is 1.65. The molecule has 0 aliphatic carbocycles. The highest BCUT2D eigenvalue weighted by Crippen LogP contribution is 2.28. The van der Waals surface area contributed by atoms with Crippen molar-refractivity contribution in [3.63, 3.8) is 0 Å². The molecule has 7 heteroatoms. The number of hydrogen-bond donors (Lipinski definition) is 0. The highest BCUT2D eigenvalue weighted by atomic mass is 32.2. The lowest BCUT2D eigenvalue weighted by Gasteiger charge is -2.16. The zero-order chi connectivity index (χ0) is 20.7. The van der Waals surface area contributed by atoms with Crippen molar-refractivity contribution in [3.8, 4) is 5.69 Å². The van der Waals surface area contributed by atoms with Crippen molar-refractivity contribution >= 4 is 28.4 Å². The van der Waals surface area contributed by atoms with Gasteiger partial charge in [0, 0.05) is 12.4 Å². The van der Waals surface area contributed by atoms with E-state index in [2.05, 4.69) is 30.1 Å². The minimum atomic E-state index is -0.0747. The number of nitrogens with zero attached hydrogens (tertiary/aromatic N) is 4. The van der Waals surface area contributed by atoms with Crippen LogP contribution >= 0.6 is 11.8 Å². The van der Waals surface area contributed by atoms with Gasteiger partial charge in [-0.15, -0.1) is 10.2 Å². The largest absolute Gasteiger partial charge is 0.377 e. The van der Waals surface area contributed by atoms with Crippen molar-refractivity contribution in [3.05, 3.63) is 64.4 Å². The number of para-hydroxylation sites is 2. The summed E-state index contributed by atoms with van der Waals surface area (Å²) in [5.41, 5.74) is 2.72. The molecule has 1 aliphatic rings. The van der Waals surface area contributed by atoms with Gasteiger partial charge in [0.15, 0.2) is 5.16 Å². The molecule has 3 heterocycles. The molecule has 6 nitrogen and oxygen atoms in total. The molecule has 0 spiro atoms. The Morgan fingerprint density at radius 3 is 2.73 bits per heavy atom. The summed E-state index contributed by atoms with van der Waals surface area (Å²) in [6, 6.07) is 15.7. The van der Waals surface area contributed by atoms with Gasteiger partial charge in [-0.2, -0.15) is 0 Å². The third-order valence-electron chi connectivity index (χ3n) is 5.62. The fourth-order valence-corrected chi connectivity index (χ4v) is 5.12. The number of thioether (sulfide) groups is 1. The Kier molecular flexibility index (Phi) is 5.08. The number of fused-ring (bicyclic) bond motifs is 3. The molecule has 4 aromatic rings. The fraction of sp³-hybridized carbons (Fsp3) is 0.348. The molecule has 0 radical (unpaired) electrons. The standard InChI is InChI=1S/C23H24N4O2S/c1-15(2)17-9-3-5-11-19(17)26-21(28)18-10-4-6-12-20(18)27-22(26)24-25-23(27)30-14-16-8-7-13-29-16/h3-6,9-12,15-16H,7-8,13-14H2,1-2H3. The summed E-state index contributed by atoms with van der Waals surface area (Å²) in [5, 5.41) is 10.4. The van der Waals surface area contributed by atoms with E-state index in [9.17, 15) is 4.79 Å². The molecule has 1 aliphatic heterocycles. The average molecular weight is 421 g/mol. The van der Waals surface area contributed by atoms with Crippen molar-refractivity contribution < 1.29 is 4.74 Å². The van der Waals surface area contributed by atoms with Crippen LogP contribution in [0.15, 0.2) is 58.5 Å². The first kappa shape index (κ1) is 19.3. The van der Waals surface area contributed by atoms with Crippen LogP contribution in [-0.2, 0) is 4.74 Å². The van der Waals surface area contributed by atoms with Crippen molar-refractivity contribution in [2.75, 3.05) is 12.4 Å². The lowest BCUT2D eigenvalue weighted by molar-refractivity contribution is 0.129. The van der Waals surface area contributed by atoms with Crippen molar-refractivity contribution in [1.29, 1.82) is 0 Å². The molecule has 0 N–H and O–H groups in total. The Hall–Kier alpha value is -2.64. The maximum atomic E-state index is 13.5. The van der Waals surface area contributed by atoms with Crippen molar-refractivity contribution in [2.45, 2.75) is 43.9 Å². The van der Waals surface area contributed by atoms with E-state index >= 15 is 0 Å². The van der Waals surface area contributed by atoms with Crippen LogP contribution in [0.5, 0.6) is 0 Å². The summed E-state index contributed by atoms with van der Waals surface area (Å²) in [6.45, 7) is 5.10. The van der Waals surface area contributed by atoms with Gasteiger partial charge in [-0.3, -0.25) is 9.20 Å². The second-order valence-corrected chi connectivity index (χ2v) is 8.92. The van der Waals surface area contributed by atoms with Crippen molar-refractivity contribution in [2.24, 2.45) is 0 Å². The predicted octanol–water partition coefficient (Wildman–Crippen LogP) is 4.43. The van der Waals surface area contributed by atoms with Gasteiger partial charge >= 0.3 is 0 Å². The van der Waals surface area contributed by atoms with Gasteiger partial charge in [0.25, 0.3) is 5.56 Å². The van der Waals surface area contributed by atoms with Gasteiger partial charge in [-0.1, -0.05) is 55.9 Å². The lowest BCUT2D eigenvalue weighted by Crippen LogP contribution is -2.23. The Bertz CT molecular complexity index is 1270. The van der Waals surface area contributed by atoms with E-state index in [1.807, 2.05) is 46.9 Å². The summed E-state index contributed by atoms with van der Waals surface area (Å²) in [6.07, 6.45) is 2.44. The number of benzene rings is 2. The zero-order valence-corrected chi connectivity index (χ0v) is 17.9. The Morgan fingerprint density at radius 2 is 1.93 bits per heavy atom. The maximum Gasteiger partial charge on any atom is 0.267 e. The number of hydrogen-bond acceptors (Lipinski definition) is 5. The van der Waals surface area contributed by atoms with Gasteiger partial charge in [-0.25, -0.2) is 4.57 Å². The normalized spacial score (nSPS) is 16.8. The molecular weight excluding hydrogens is 396 g/mol. The summed E-state index contributed by atoms with van der Waals surface area (Å²) < 4.78 is 9.49. The molecular formula is C23H24N4O2S. The third kappa shape index (κ3) is 3.22. The smallest absolute Gasteiger partial charge is 0.267 e. The van der Waals surface area contributed by atoms with Crippen LogP contribution in [0.25, 0.3) is 22.4 Å². The third-order valence-corrected chi connectivity index (χ3v) is 6.68.